The van der Waals surface area contributed by atoms with E-state index in [0.717, 1.165) is 0 Å². The van der Waals surface area contributed by atoms with Crippen LogP contribution in [0.2, 0.25) is 0 Å². The smallest absolute Gasteiger partial charge is 0.0898 e. The second-order valence-corrected chi connectivity index (χ2v) is 2.34. The molecule has 0 radical (unpaired) electrons. The summed E-state index contributed by atoms with van der Waals surface area (Å²) >= 11 is 0. The van der Waals surface area contributed by atoms with Gasteiger partial charge >= 0.3 is 0 Å². The molecule has 0 amide bonds. The normalized spacial score (nSPS) is 35.3. The predicted octanol–water partition coefficient (Wildman–Crippen LogP) is 0.353. The Kier molecular flexibility index (Phi) is 2.42. The van der Waals surface area contributed by atoms with Crippen molar-refractivity contribution in [2.45, 2.75) is 12.5 Å². The Hall–Kier alpha value is -0.150. The second-order valence-electron chi connectivity index (χ2n) is 2.34. The van der Waals surface area contributed by atoms with Crippen molar-refractivity contribution in [3.8, 4) is 0 Å². The summed E-state index contributed by atoms with van der Waals surface area (Å²) in [5, 5.41) is 9.03. The van der Waals surface area contributed by atoms with Crippen molar-refractivity contribution in [2.75, 3.05) is 19.9 Å². The fourth-order valence-corrected chi connectivity index (χ4v) is 1.00. The minimum Gasteiger partial charge on any atom is -0.390 e. The van der Waals surface area contributed by atoms with Gasteiger partial charge in [0.2, 0.25) is 0 Å². The molecular weight excluding hydrogens is 123 g/mol. The van der Waals surface area contributed by atoms with E-state index in [1.807, 2.05) is 0 Å². The van der Waals surface area contributed by atoms with Crippen LogP contribution in [0.4, 0.5) is 4.39 Å². The largest absolute Gasteiger partial charge is 0.390 e. The van der Waals surface area contributed by atoms with Gasteiger partial charge < -0.3 is 9.84 Å². The van der Waals surface area contributed by atoms with E-state index < -0.39 is 6.10 Å². The Morgan fingerprint density at radius 1 is 1.56 bits per heavy atom. The summed E-state index contributed by atoms with van der Waals surface area (Å²) in [5.41, 5.74) is 0. The molecule has 2 unspecified atom stereocenters. The number of hydrogen-bond acceptors (Lipinski definition) is 2. The third-order valence-electron chi connectivity index (χ3n) is 1.64. The summed E-state index contributed by atoms with van der Waals surface area (Å²) in [6.45, 7) is 0.543. The van der Waals surface area contributed by atoms with E-state index >= 15 is 0 Å². The van der Waals surface area contributed by atoms with Crippen LogP contribution >= 0.6 is 0 Å². The monoisotopic (exact) mass is 134 g/mol. The van der Waals surface area contributed by atoms with Crippen LogP contribution in [0.1, 0.15) is 6.42 Å². The summed E-state index contributed by atoms with van der Waals surface area (Å²) in [6, 6.07) is 0. The molecular formula is C6H11FO2. The van der Waals surface area contributed by atoms with E-state index in [2.05, 4.69) is 0 Å². The standard InChI is InChI=1S/C6H11FO2/c7-2-1-5-3-9-4-6(5)8/h5-6,8H,1-4H2. The van der Waals surface area contributed by atoms with E-state index in [1.165, 1.54) is 0 Å². The number of ether oxygens (including phenoxy) is 1. The van der Waals surface area contributed by atoms with Crippen LogP contribution in [-0.2, 0) is 4.74 Å². The van der Waals surface area contributed by atoms with Gasteiger partial charge in [-0.2, -0.15) is 0 Å². The van der Waals surface area contributed by atoms with Crippen LogP contribution in [0, 0.1) is 5.92 Å². The lowest BCUT2D eigenvalue weighted by Gasteiger charge is -2.07. The van der Waals surface area contributed by atoms with E-state index in [-0.39, 0.29) is 12.6 Å². The fraction of sp³-hybridized carbons (Fsp3) is 1.00. The Labute approximate surface area is 53.6 Å². The Morgan fingerprint density at radius 3 is 2.78 bits per heavy atom. The zero-order chi connectivity index (χ0) is 6.69. The van der Waals surface area contributed by atoms with Crippen molar-refractivity contribution >= 4 is 0 Å². The number of rotatable bonds is 2. The summed E-state index contributed by atoms with van der Waals surface area (Å²) < 4.78 is 16.6. The molecule has 1 rings (SSSR count). The molecule has 0 saturated carbocycles. The molecule has 1 N–H and O–H groups in total. The van der Waals surface area contributed by atoms with Crippen molar-refractivity contribution in [2.24, 2.45) is 5.92 Å². The van der Waals surface area contributed by atoms with Crippen LogP contribution in [0.3, 0.4) is 0 Å². The molecule has 54 valence electrons. The highest BCUT2D eigenvalue weighted by molar-refractivity contribution is 4.73. The first-order valence-electron chi connectivity index (χ1n) is 3.16. The zero-order valence-electron chi connectivity index (χ0n) is 5.22. The van der Waals surface area contributed by atoms with Crippen LogP contribution in [-0.4, -0.2) is 31.1 Å². The van der Waals surface area contributed by atoms with Gasteiger partial charge in [0, 0.05) is 5.92 Å². The summed E-state index contributed by atoms with van der Waals surface area (Å²) in [7, 11) is 0. The van der Waals surface area contributed by atoms with Gasteiger partial charge in [-0.05, 0) is 6.42 Å². The second kappa shape index (κ2) is 3.13. The number of aliphatic hydroxyl groups is 1. The van der Waals surface area contributed by atoms with Crippen molar-refractivity contribution in [3.63, 3.8) is 0 Å². The molecule has 0 aliphatic carbocycles. The van der Waals surface area contributed by atoms with E-state index in [0.29, 0.717) is 19.6 Å². The van der Waals surface area contributed by atoms with Crippen molar-refractivity contribution in [1.29, 1.82) is 0 Å². The van der Waals surface area contributed by atoms with Crippen LogP contribution in [0.25, 0.3) is 0 Å². The number of hydrogen-bond donors (Lipinski definition) is 1. The molecule has 1 fully saturated rings. The maximum Gasteiger partial charge on any atom is 0.0898 e. The topological polar surface area (TPSA) is 29.5 Å². The molecule has 0 aromatic rings. The molecule has 1 aliphatic heterocycles. The molecule has 2 atom stereocenters. The first kappa shape index (κ1) is 6.96. The molecule has 9 heavy (non-hydrogen) atoms. The number of aliphatic hydroxyl groups excluding tert-OH is 1. The Morgan fingerprint density at radius 2 is 2.33 bits per heavy atom. The van der Waals surface area contributed by atoms with Gasteiger partial charge in [0.1, 0.15) is 0 Å². The Bertz CT molecular complexity index is 87.1. The Balaban J connectivity index is 2.22. The van der Waals surface area contributed by atoms with Gasteiger partial charge in [-0.3, -0.25) is 4.39 Å². The molecule has 3 heteroatoms. The number of halogens is 1. The minimum absolute atomic E-state index is 0.0370. The van der Waals surface area contributed by atoms with Gasteiger partial charge in [0.05, 0.1) is 26.0 Å². The fourth-order valence-electron chi connectivity index (χ4n) is 1.00. The molecule has 1 aliphatic rings. The first-order valence-corrected chi connectivity index (χ1v) is 3.16. The maximum absolute atomic E-state index is 11.7. The van der Waals surface area contributed by atoms with Crippen molar-refractivity contribution < 1.29 is 14.2 Å². The molecule has 0 spiro atoms. The lowest BCUT2D eigenvalue weighted by Crippen LogP contribution is -2.17. The van der Waals surface area contributed by atoms with Crippen LogP contribution in [0.5, 0.6) is 0 Å². The van der Waals surface area contributed by atoms with Gasteiger partial charge in [-0.25, -0.2) is 0 Å². The lowest BCUT2D eigenvalue weighted by molar-refractivity contribution is 0.115. The highest BCUT2D eigenvalue weighted by Gasteiger charge is 2.25. The average Bonchev–Trinajstić information content (AvgIpc) is 2.18. The molecule has 1 heterocycles. The van der Waals surface area contributed by atoms with Crippen LogP contribution in [0.15, 0.2) is 0 Å². The van der Waals surface area contributed by atoms with Crippen LogP contribution < -0.4 is 0 Å². The van der Waals surface area contributed by atoms with Gasteiger partial charge in [0.15, 0.2) is 0 Å². The first-order chi connectivity index (χ1) is 4.34. The van der Waals surface area contributed by atoms with E-state index in [1.54, 1.807) is 0 Å². The molecule has 0 aromatic carbocycles. The maximum atomic E-state index is 11.7. The average molecular weight is 134 g/mol. The van der Waals surface area contributed by atoms with E-state index in [9.17, 15) is 4.39 Å². The predicted molar refractivity (Wildman–Crippen MR) is 30.9 cm³/mol. The van der Waals surface area contributed by atoms with E-state index in [4.69, 9.17) is 9.84 Å². The molecule has 1 saturated heterocycles. The lowest BCUT2D eigenvalue weighted by atomic mass is 10.0. The summed E-state index contributed by atoms with van der Waals surface area (Å²) in [4.78, 5) is 0. The highest BCUT2D eigenvalue weighted by Crippen LogP contribution is 2.16. The zero-order valence-corrected chi connectivity index (χ0v) is 5.22. The van der Waals surface area contributed by atoms with Gasteiger partial charge in [0.25, 0.3) is 0 Å². The van der Waals surface area contributed by atoms with Gasteiger partial charge in [-0.15, -0.1) is 0 Å². The third-order valence-corrected chi connectivity index (χ3v) is 1.64. The molecule has 0 aromatic heterocycles. The minimum atomic E-state index is -0.430. The molecule has 2 nitrogen and oxygen atoms in total. The van der Waals surface area contributed by atoms with Crippen molar-refractivity contribution in [1.82, 2.24) is 0 Å². The third kappa shape index (κ3) is 1.63. The van der Waals surface area contributed by atoms with Crippen molar-refractivity contribution in [3.05, 3.63) is 0 Å². The number of alkyl halides is 1. The summed E-state index contributed by atoms with van der Waals surface area (Å²) in [6.07, 6.45) is 0.00185. The quantitative estimate of drug-likeness (QED) is 0.590. The summed E-state index contributed by atoms with van der Waals surface area (Å²) in [5.74, 6) is 0.0370. The molecule has 0 bridgehead atoms. The van der Waals surface area contributed by atoms with Gasteiger partial charge in [-0.1, -0.05) is 0 Å². The highest BCUT2D eigenvalue weighted by atomic mass is 19.1. The SMILES string of the molecule is OC1COCC1CCF.